The average molecular weight is 431 g/mol. The maximum Gasteiger partial charge on any atom is 0.255 e. The summed E-state index contributed by atoms with van der Waals surface area (Å²) >= 11 is 0. The third-order valence-corrected chi connectivity index (χ3v) is 5.62. The maximum absolute atomic E-state index is 12.6. The molecule has 0 atom stereocenters. The van der Waals surface area contributed by atoms with Gasteiger partial charge in [-0.3, -0.25) is 9.59 Å². The number of carboxylic acids is 1. The summed E-state index contributed by atoms with van der Waals surface area (Å²) in [5.74, 6) is -2.26. The second-order valence-corrected chi connectivity index (χ2v) is 8.21. The molecule has 2 rings (SSSR count). The van der Waals surface area contributed by atoms with Crippen molar-refractivity contribution in [2.24, 2.45) is 5.10 Å². The number of nitrogens with one attached hydrogen (secondary N) is 2. The molecule has 158 valence electrons. The number of anilines is 1. The van der Waals surface area contributed by atoms with Crippen molar-refractivity contribution in [3.05, 3.63) is 59.7 Å². The molecular formula is C19H19N4O6S-. The summed E-state index contributed by atoms with van der Waals surface area (Å²) in [6.07, 6.45) is 1.28. The van der Waals surface area contributed by atoms with Gasteiger partial charge < -0.3 is 15.2 Å². The Kier molecular flexibility index (Phi) is 7.39. The number of amides is 2. The largest absolute Gasteiger partial charge is 0.545 e. The Labute approximate surface area is 173 Å². The van der Waals surface area contributed by atoms with Gasteiger partial charge in [-0.05, 0) is 35.4 Å². The SMILES string of the molecule is CC(=O)Nc1ccc(S(=O)(=O)N(C)CC(=O)N/N=C\c2ccc(C(=O)[O-])cc2)cc1. The molecule has 2 aromatic rings. The molecule has 0 heterocycles. The van der Waals surface area contributed by atoms with E-state index in [1.807, 2.05) is 0 Å². The Hall–Kier alpha value is -3.57. The lowest BCUT2D eigenvalue weighted by Gasteiger charge is -2.16. The van der Waals surface area contributed by atoms with Gasteiger partial charge in [0.1, 0.15) is 0 Å². The molecule has 10 nitrogen and oxygen atoms in total. The van der Waals surface area contributed by atoms with Crippen molar-refractivity contribution in [2.75, 3.05) is 18.9 Å². The standard InChI is InChI=1S/C19H20N4O6S/c1-13(24)21-16-7-9-17(10-8-16)30(28,29)23(2)12-18(25)22-20-11-14-3-5-15(6-4-14)19(26)27/h3-11H,12H2,1-2H3,(H,21,24)(H,22,25)(H,26,27)/p-1/b20-11-. The molecule has 0 aliphatic rings. The van der Waals surface area contributed by atoms with E-state index in [0.29, 0.717) is 11.3 Å². The second kappa shape index (κ2) is 9.76. The quantitative estimate of drug-likeness (QED) is 0.436. The zero-order chi connectivity index (χ0) is 22.3. The zero-order valence-corrected chi connectivity index (χ0v) is 17.0. The molecular weight excluding hydrogens is 412 g/mol. The van der Waals surface area contributed by atoms with Crippen molar-refractivity contribution in [2.45, 2.75) is 11.8 Å². The van der Waals surface area contributed by atoms with Crippen molar-refractivity contribution in [1.82, 2.24) is 9.73 Å². The van der Waals surface area contributed by atoms with Crippen molar-refractivity contribution in [3.8, 4) is 0 Å². The highest BCUT2D eigenvalue weighted by Gasteiger charge is 2.22. The first kappa shape index (κ1) is 22.7. The zero-order valence-electron chi connectivity index (χ0n) is 16.2. The fourth-order valence-electron chi connectivity index (χ4n) is 2.30. The number of hydrogen-bond donors (Lipinski definition) is 2. The van der Waals surface area contributed by atoms with E-state index < -0.39 is 28.4 Å². The Morgan fingerprint density at radius 1 is 1.07 bits per heavy atom. The van der Waals surface area contributed by atoms with Crippen LogP contribution >= 0.6 is 0 Å². The molecule has 11 heteroatoms. The van der Waals surface area contributed by atoms with Crippen molar-refractivity contribution < 1.29 is 27.9 Å². The Morgan fingerprint density at radius 3 is 2.20 bits per heavy atom. The normalized spacial score (nSPS) is 11.4. The molecule has 0 radical (unpaired) electrons. The molecule has 2 N–H and O–H groups in total. The van der Waals surface area contributed by atoms with Crippen LogP contribution in [0, 0.1) is 0 Å². The number of carboxylic acid groups (broad SMARTS) is 1. The van der Waals surface area contributed by atoms with Crippen LogP contribution in [0.4, 0.5) is 5.69 Å². The predicted octanol–water partition coefficient (Wildman–Crippen LogP) is -0.221. The minimum Gasteiger partial charge on any atom is -0.545 e. The highest BCUT2D eigenvalue weighted by atomic mass is 32.2. The number of benzene rings is 2. The van der Waals surface area contributed by atoms with Gasteiger partial charge in [0.15, 0.2) is 0 Å². The Morgan fingerprint density at radius 2 is 1.67 bits per heavy atom. The van der Waals surface area contributed by atoms with E-state index in [0.717, 1.165) is 4.31 Å². The van der Waals surface area contributed by atoms with Gasteiger partial charge in [0.25, 0.3) is 5.91 Å². The molecule has 0 unspecified atom stereocenters. The number of aromatic carboxylic acids is 1. The van der Waals surface area contributed by atoms with E-state index in [4.69, 9.17) is 0 Å². The topological polar surface area (TPSA) is 148 Å². The van der Waals surface area contributed by atoms with Crippen LogP contribution in [0.25, 0.3) is 0 Å². The lowest BCUT2D eigenvalue weighted by Crippen LogP contribution is -2.36. The van der Waals surface area contributed by atoms with Gasteiger partial charge in [0, 0.05) is 19.7 Å². The van der Waals surface area contributed by atoms with E-state index in [9.17, 15) is 27.9 Å². The first-order chi connectivity index (χ1) is 14.1. The fourth-order valence-corrected chi connectivity index (χ4v) is 3.43. The molecule has 0 spiro atoms. The minimum atomic E-state index is -3.92. The van der Waals surface area contributed by atoms with Gasteiger partial charge in [0.05, 0.1) is 23.6 Å². The molecule has 0 fully saturated rings. The molecule has 0 saturated heterocycles. The third kappa shape index (κ3) is 6.22. The van der Waals surface area contributed by atoms with E-state index in [1.165, 1.54) is 68.7 Å². The van der Waals surface area contributed by atoms with Gasteiger partial charge >= 0.3 is 0 Å². The van der Waals surface area contributed by atoms with Gasteiger partial charge in [-0.15, -0.1) is 0 Å². The monoisotopic (exact) mass is 431 g/mol. The number of nitrogens with zero attached hydrogens (tertiary/aromatic N) is 2. The Balaban J connectivity index is 1.95. The van der Waals surface area contributed by atoms with Gasteiger partial charge in [-0.1, -0.05) is 24.3 Å². The van der Waals surface area contributed by atoms with Gasteiger partial charge in [-0.25, -0.2) is 13.8 Å². The number of hydrazone groups is 1. The summed E-state index contributed by atoms with van der Waals surface area (Å²) in [5.41, 5.74) is 3.19. The number of carbonyl (C=O) groups excluding carboxylic acids is 3. The van der Waals surface area contributed by atoms with E-state index in [-0.39, 0.29) is 16.4 Å². The van der Waals surface area contributed by atoms with E-state index in [1.54, 1.807) is 0 Å². The van der Waals surface area contributed by atoms with Gasteiger partial charge in [0.2, 0.25) is 15.9 Å². The van der Waals surface area contributed by atoms with Crippen LogP contribution < -0.4 is 15.8 Å². The summed E-state index contributed by atoms with van der Waals surface area (Å²) in [6.45, 7) is 0.860. The van der Waals surface area contributed by atoms with Gasteiger partial charge in [-0.2, -0.15) is 9.41 Å². The highest BCUT2D eigenvalue weighted by molar-refractivity contribution is 7.89. The fraction of sp³-hybridized carbons (Fsp3) is 0.158. The summed E-state index contributed by atoms with van der Waals surface area (Å²) in [5, 5.41) is 16.9. The molecule has 0 saturated carbocycles. The van der Waals surface area contributed by atoms with Crippen LogP contribution in [0.1, 0.15) is 22.8 Å². The molecule has 0 aliphatic carbocycles. The summed E-state index contributed by atoms with van der Waals surface area (Å²) in [7, 11) is -2.67. The average Bonchev–Trinajstić information content (AvgIpc) is 2.68. The molecule has 30 heavy (non-hydrogen) atoms. The summed E-state index contributed by atoms with van der Waals surface area (Å²) in [4.78, 5) is 33.6. The summed E-state index contributed by atoms with van der Waals surface area (Å²) < 4.78 is 26.0. The number of hydrogen-bond acceptors (Lipinski definition) is 7. The molecule has 2 amide bonds. The minimum absolute atomic E-state index is 0.00752. The number of likely N-dealkylation sites (N-methyl/N-ethyl adjacent to an activating group) is 1. The molecule has 0 bridgehead atoms. The van der Waals surface area contributed by atoms with Crippen molar-refractivity contribution in [1.29, 1.82) is 0 Å². The Bertz CT molecular complexity index is 1060. The van der Waals surface area contributed by atoms with Crippen molar-refractivity contribution in [3.63, 3.8) is 0 Å². The highest BCUT2D eigenvalue weighted by Crippen LogP contribution is 2.17. The molecule has 2 aromatic carbocycles. The first-order valence-electron chi connectivity index (χ1n) is 8.57. The maximum atomic E-state index is 12.6. The van der Waals surface area contributed by atoms with Crippen molar-refractivity contribution >= 4 is 39.7 Å². The van der Waals surface area contributed by atoms with Crippen LogP contribution in [0.3, 0.4) is 0 Å². The van der Waals surface area contributed by atoms with Crippen LogP contribution in [-0.4, -0.2) is 50.3 Å². The second-order valence-electron chi connectivity index (χ2n) is 6.17. The summed E-state index contributed by atoms with van der Waals surface area (Å²) in [6, 6.07) is 11.1. The van der Waals surface area contributed by atoms with E-state index >= 15 is 0 Å². The number of rotatable bonds is 8. The number of sulfonamides is 1. The third-order valence-electron chi connectivity index (χ3n) is 3.80. The molecule has 0 aliphatic heterocycles. The lowest BCUT2D eigenvalue weighted by molar-refractivity contribution is -0.255. The first-order valence-corrected chi connectivity index (χ1v) is 10.0. The smallest absolute Gasteiger partial charge is 0.255 e. The lowest BCUT2D eigenvalue weighted by atomic mass is 10.1. The predicted molar refractivity (Wildman–Crippen MR) is 107 cm³/mol. The van der Waals surface area contributed by atoms with Crippen LogP contribution in [0.2, 0.25) is 0 Å². The number of carbonyl (C=O) groups is 3. The molecule has 0 aromatic heterocycles. The van der Waals surface area contributed by atoms with E-state index in [2.05, 4.69) is 15.8 Å². The van der Waals surface area contributed by atoms with Crippen LogP contribution in [0.15, 0.2) is 58.5 Å². The van der Waals surface area contributed by atoms with Crippen LogP contribution in [-0.2, 0) is 19.6 Å². The van der Waals surface area contributed by atoms with Crippen LogP contribution in [0.5, 0.6) is 0 Å².